The summed E-state index contributed by atoms with van der Waals surface area (Å²) in [7, 11) is 1.99. The number of carbonyl (C=O) groups is 1. The first-order valence-corrected chi connectivity index (χ1v) is 6.33. The average molecular weight is 242 g/mol. The van der Waals surface area contributed by atoms with Crippen molar-refractivity contribution in [2.24, 2.45) is 0 Å². The molecular weight excluding hydrogens is 224 g/mol. The molecule has 0 saturated carbocycles. The molecule has 0 N–H and O–H groups in total. The van der Waals surface area contributed by atoms with Gasteiger partial charge in [-0.2, -0.15) is 0 Å². The van der Waals surface area contributed by atoms with Crippen molar-refractivity contribution >= 4 is 22.4 Å². The number of ether oxygens (including phenoxy) is 1. The maximum Gasteiger partial charge on any atom is 0.357 e. The zero-order chi connectivity index (χ0) is 12.1. The lowest BCUT2D eigenvalue weighted by Crippen LogP contribution is -2.27. The Kier molecular flexibility index (Phi) is 4.73. The molecule has 1 aromatic rings. The van der Waals surface area contributed by atoms with Crippen molar-refractivity contribution in [1.29, 1.82) is 0 Å². The van der Waals surface area contributed by atoms with Crippen molar-refractivity contribution in [3.8, 4) is 0 Å². The fourth-order valence-corrected chi connectivity index (χ4v) is 2.05. The van der Waals surface area contributed by atoms with Gasteiger partial charge in [-0.25, -0.2) is 9.78 Å². The Labute approximate surface area is 100 Å². The highest BCUT2D eigenvalue weighted by molar-refractivity contribution is 7.13. The first-order chi connectivity index (χ1) is 7.60. The second-order valence-electron chi connectivity index (χ2n) is 3.60. The SMILES string of the molecule is CCOC(=O)c1csc(N(C)C(C)CC)n1. The molecule has 0 aliphatic heterocycles. The van der Waals surface area contributed by atoms with Gasteiger partial charge in [-0.05, 0) is 20.3 Å². The minimum Gasteiger partial charge on any atom is -0.461 e. The fraction of sp³-hybridized carbons (Fsp3) is 0.636. The molecule has 1 rings (SSSR count). The smallest absolute Gasteiger partial charge is 0.357 e. The van der Waals surface area contributed by atoms with Crippen LogP contribution >= 0.6 is 11.3 Å². The van der Waals surface area contributed by atoms with Crippen molar-refractivity contribution < 1.29 is 9.53 Å². The van der Waals surface area contributed by atoms with Crippen LogP contribution in [-0.4, -0.2) is 30.6 Å². The van der Waals surface area contributed by atoms with E-state index in [9.17, 15) is 4.79 Å². The van der Waals surface area contributed by atoms with Gasteiger partial charge >= 0.3 is 5.97 Å². The lowest BCUT2D eigenvalue weighted by molar-refractivity contribution is 0.0520. The predicted octanol–water partition coefficient (Wildman–Crippen LogP) is 2.55. The van der Waals surface area contributed by atoms with Crippen LogP contribution in [0.5, 0.6) is 0 Å². The third-order valence-electron chi connectivity index (χ3n) is 2.53. The summed E-state index contributed by atoms with van der Waals surface area (Å²) in [6.07, 6.45) is 1.05. The molecule has 0 fully saturated rings. The summed E-state index contributed by atoms with van der Waals surface area (Å²) >= 11 is 1.47. The molecule has 0 aliphatic rings. The number of esters is 1. The largest absolute Gasteiger partial charge is 0.461 e. The van der Waals surface area contributed by atoms with Crippen LogP contribution in [-0.2, 0) is 4.74 Å². The van der Waals surface area contributed by atoms with Gasteiger partial charge in [-0.1, -0.05) is 6.92 Å². The minimum atomic E-state index is -0.345. The highest BCUT2D eigenvalue weighted by atomic mass is 32.1. The number of thiazole rings is 1. The number of hydrogen-bond donors (Lipinski definition) is 0. The molecule has 4 nitrogen and oxygen atoms in total. The van der Waals surface area contributed by atoms with E-state index in [1.54, 1.807) is 12.3 Å². The van der Waals surface area contributed by atoms with Crippen molar-refractivity contribution in [2.45, 2.75) is 33.2 Å². The van der Waals surface area contributed by atoms with Crippen LogP contribution in [0, 0.1) is 0 Å². The Morgan fingerprint density at radius 1 is 1.62 bits per heavy atom. The summed E-state index contributed by atoms with van der Waals surface area (Å²) in [5.41, 5.74) is 0.400. The summed E-state index contributed by atoms with van der Waals surface area (Å²) in [6, 6.07) is 0.418. The predicted molar refractivity (Wildman–Crippen MR) is 66.2 cm³/mol. The summed E-state index contributed by atoms with van der Waals surface area (Å²) in [6.45, 7) is 6.43. The topological polar surface area (TPSA) is 42.4 Å². The van der Waals surface area contributed by atoms with E-state index in [-0.39, 0.29) is 5.97 Å². The number of carbonyl (C=O) groups excluding carboxylic acids is 1. The lowest BCUT2D eigenvalue weighted by atomic mass is 10.2. The zero-order valence-electron chi connectivity index (χ0n) is 10.2. The minimum absolute atomic E-state index is 0.345. The molecular formula is C11H18N2O2S. The summed E-state index contributed by atoms with van der Waals surface area (Å²) in [5.74, 6) is -0.345. The maximum absolute atomic E-state index is 11.4. The third-order valence-corrected chi connectivity index (χ3v) is 3.46. The standard InChI is InChI=1S/C11H18N2O2S/c1-5-8(3)13(4)11-12-9(7-16-11)10(14)15-6-2/h7-8H,5-6H2,1-4H3. The van der Waals surface area contributed by atoms with Crippen LogP contribution in [0.3, 0.4) is 0 Å². The number of aromatic nitrogens is 1. The van der Waals surface area contributed by atoms with Gasteiger partial charge in [0.05, 0.1) is 6.61 Å². The summed E-state index contributed by atoms with van der Waals surface area (Å²) < 4.78 is 4.89. The van der Waals surface area contributed by atoms with Crippen LogP contribution < -0.4 is 4.90 Å². The highest BCUT2D eigenvalue weighted by Gasteiger charge is 2.16. The molecule has 1 heterocycles. The third kappa shape index (κ3) is 2.95. The lowest BCUT2D eigenvalue weighted by Gasteiger charge is -2.22. The van der Waals surface area contributed by atoms with Gasteiger partial charge in [-0.15, -0.1) is 11.3 Å². The van der Waals surface area contributed by atoms with E-state index in [0.717, 1.165) is 11.6 Å². The van der Waals surface area contributed by atoms with Crippen LogP contribution in [0.15, 0.2) is 5.38 Å². The van der Waals surface area contributed by atoms with Gasteiger partial charge in [0.25, 0.3) is 0 Å². The second kappa shape index (κ2) is 5.84. The fourth-order valence-electron chi connectivity index (χ4n) is 1.19. The van der Waals surface area contributed by atoms with Crippen LogP contribution in [0.4, 0.5) is 5.13 Å². The van der Waals surface area contributed by atoms with E-state index < -0.39 is 0 Å². The Bertz CT molecular complexity index is 352. The van der Waals surface area contributed by atoms with Gasteiger partial charge < -0.3 is 9.64 Å². The number of anilines is 1. The molecule has 90 valence electrons. The van der Waals surface area contributed by atoms with Crippen LogP contribution in [0.25, 0.3) is 0 Å². The molecule has 16 heavy (non-hydrogen) atoms. The highest BCUT2D eigenvalue weighted by Crippen LogP contribution is 2.22. The van der Waals surface area contributed by atoms with E-state index >= 15 is 0 Å². The van der Waals surface area contributed by atoms with Gasteiger partial charge in [0.15, 0.2) is 10.8 Å². The van der Waals surface area contributed by atoms with Gasteiger partial charge in [-0.3, -0.25) is 0 Å². The van der Waals surface area contributed by atoms with Crippen molar-refractivity contribution in [1.82, 2.24) is 4.98 Å². The van der Waals surface area contributed by atoms with Crippen LogP contribution in [0.2, 0.25) is 0 Å². The molecule has 0 spiro atoms. The molecule has 0 amide bonds. The molecule has 1 atom stereocenters. The molecule has 0 aromatic carbocycles. The second-order valence-corrected chi connectivity index (χ2v) is 4.44. The normalized spacial score (nSPS) is 12.2. The Morgan fingerprint density at radius 3 is 2.88 bits per heavy atom. The molecule has 5 heteroatoms. The van der Waals surface area contributed by atoms with Gasteiger partial charge in [0, 0.05) is 18.5 Å². The molecule has 0 radical (unpaired) electrons. The quantitative estimate of drug-likeness (QED) is 0.744. The maximum atomic E-state index is 11.4. The number of hydrogen-bond acceptors (Lipinski definition) is 5. The Morgan fingerprint density at radius 2 is 2.31 bits per heavy atom. The zero-order valence-corrected chi connectivity index (χ0v) is 11.0. The van der Waals surface area contributed by atoms with Crippen molar-refractivity contribution in [3.63, 3.8) is 0 Å². The van der Waals surface area contributed by atoms with Crippen molar-refractivity contribution in [2.75, 3.05) is 18.6 Å². The molecule has 0 bridgehead atoms. The van der Waals surface area contributed by atoms with E-state index in [1.165, 1.54) is 11.3 Å². The average Bonchev–Trinajstić information content (AvgIpc) is 2.76. The number of nitrogens with zero attached hydrogens (tertiary/aromatic N) is 2. The van der Waals surface area contributed by atoms with E-state index in [1.807, 2.05) is 7.05 Å². The van der Waals surface area contributed by atoms with E-state index in [2.05, 4.69) is 23.7 Å². The Balaban J connectivity index is 2.74. The van der Waals surface area contributed by atoms with Crippen LogP contribution in [0.1, 0.15) is 37.7 Å². The molecule has 1 unspecified atom stereocenters. The first kappa shape index (κ1) is 13.0. The molecule has 1 aromatic heterocycles. The van der Waals surface area contributed by atoms with Gasteiger partial charge in [0.2, 0.25) is 0 Å². The van der Waals surface area contributed by atoms with E-state index in [4.69, 9.17) is 4.74 Å². The summed E-state index contributed by atoms with van der Waals surface area (Å²) in [4.78, 5) is 17.8. The Hall–Kier alpha value is -1.10. The van der Waals surface area contributed by atoms with Gasteiger partial charge in [0.1, 0.15) is 0 Å². The number of rotatable bonds is 5. The monoisotopic (exact) mass is 242 g/mol. The molecule has 0 aliphatic carbocycles. The first-order valence-electron chi connectivity index (χ1n) is 5.45. The molecule has 0 saturated heterocycles. The van der Waals surface area contributed by atoms with Crippen molar-refractivity contribution in [3.05, 3.63) is 11.1 Å². The van der Waals surface area contributed by atoms with E-state index in [0.29, 0.717) is 18.3 Å². The summed E-state index contributed by atoms with van der Waals surface area (Å²) in [5, 5.41) is 2.60.